The van der Waals surface area contributed by atoms with E-state index in [4.69, 9.17) is 16.7 Å². The van der Waals surface area contributed by atoms with Crippen molar-refractivity contribution in [3.05, 3.63) is 65.7 Å². The Morgan fingerprint density at radius 3 is 2.21 bits per heavy atom. The summed E-state index contributed by atoms with van der Waals surface area (Å²) >= 11 is 7.76. The lowest BCUT2D eigenvalue weighted by Gasteiger charge is -2.10. The third kappa shape index (κ3) is 3.74. The molecule has 0 radical (unpaired) electrons. The van der Waals surface area contributed by atoms with Crippen molar-refractivity contribution >= 4 is 40.7 Å². The molecule has 7 heteroatoms. The topological polar surface area (TPSA) is 81.6 Å². The summed E-state index contributed by atoms with van der Waals surface area (Å²) in [4.78, 5) is 10.8. The molecule has 1 unspecified atom stereocenters. The Hall–Kier alpha value is -2.83. The van der Waals surface area contributed by atoms with Gasteiger partial charge in [-0.1, -0.05) is 54.1 Å². The van der Waals surface area contributed by atoms with E-state index >= 15 is 0 Å². The van der Waals surface area contributed by atoms with Crippen LogP contribution in [0.5, 0.6) is 5.75 Å². The highest BCUT2D eigenvalue weighted by molar-refractivity contribution is 8.00. The Balaban J connectivity index is 1.58. The van der Waals surface area contributed by atoms with Crippen LogP contribution in [0.25, 0.3) is 22.3 Å². The van der Waals surface area contributed by atoms with E-state index in [1.54, 1.807) is 12.1 Å². The Morgan fingerprint density at radius 2 is 1.57 bits per heavy atom. The summed E-state index contributed by atoms with van der Waals surface area (Å²) in [5.74, 6) is -0.605. The lowest BCUT2D eigenvalue weighted by atomic mass is 9.99. The molecular weight excluding hydrogens is 396 g/mol. The van der Waals surface area contributed by atoms with E-state index in [1.165, 1.54) is 11.8 Å². The lowest BCUT2D eigenvalue weighted by Crippen LogP contribution is -2.19. The van der Waals surface area contributed by atoms with Gasteiger partial charge in [0.25, 0.3) is 0 Å². The molecule has 28 heavy (non-hydrogen) atoms. The molecule has 0 amide bonds. The number of aromatic hydroxyl groups is 1. The quantitative estimate of drug-likeness (QED) is 0.454. The largest absolute Gasteiger partial charge is 0.507 e. The average molecular weight is 413 g/mol. The van der Waals surface area contributed by atoms with Crippen molar-refractivity contribution in [1.29, 1.82) is 0 Å². The van der Waals surface area contributed by atoms with Gasteiger partial charge in [-0.05, 0) is 29.3 Å². The van der Waals surface area contributed by atoms with E-state index in [1.807, 2.05) is 48.5 Å². The van der Waals surface area contributed by atoms with E-state index in [0.717, 1.165) is 33.6 Å². The lowest BCUT2D eigenvalue weighted by molar-refractivity contribution is -0.133. The Kier molecular flexibility index (Phi) is 5.07. The van der Waals surface area contributed by atoms with Gasteiger partial charge in [-0.2, -0.15) is 0 Å². The van der Waals surface area contributed by atoms with Gasteiger partial charge >= 0.3 is 5.97 Å². The zero-order valence-electron chi connectivity index (χ0n) is 14.6. The summed E-state index contributed by atoms with van der Waals surface area (Å²) < 4.78 is 0. The third-order valence-corrected chi connectivity index (χ3v) is 5.76. The molecule has 5 nitrogen and oxygen atoms in total. The molecule has 0 spiro atoms. The van der Waals surface area contributed by atoms with Crippen LogP contribution in [0.2, 0.25) is 5.02 Å². The van der Waals surface area contributed by atoms with Crippen molar-refractivity contribution in [2.24, 2.45) is 0 Å². The Labute approximate surface area is 171 Å². The van der Waals surface area contributed by atoms with Crippen LogP contribution in [0.3, 0.4) is 0 Å². The van der Waals surface area contributed by atoms with Crippen LogP contribution >= 0.6 is 23.4 Å². The number of nitrogens with one attached hydrogen (secondary N) is 2. The molecular formula is C21H17ClN2O3S. The summed E-state index contributed by atoms with van der Waals surface area (Å²) in [7, 11) is 0. The van der Waals surface area contributed by atoms with Gasteiger partial charge in [0.2, 0.25) is 0 Å². The number of benzene rings is 3. The molecule has 1 aliphatic heterocycles. The molecule has 1 aliphatic rings. The fraction of sp³-hybridized carbons (Fsp3) is 0.0952. The standard InChI is InChI=1S/C21H17ClN2O3S/c22-16-10-18-17(23-21(24-18)28-11-20(26)27)9-15(16)13-7-5-12(6-8-13)14-3-1-2-4-19(14)25/h1-10,21,23-25H,11H2,(H,26,27). The molecule has 0 aliphatic carbocycles. The van der Waals surface area contributed by atoms with Gasteiger partial charge in [0, 0.05) is 11.1 Å². The monoisotopic (exact) mass is 412 g/mol. The fourth-order valence-corrected chi connectivity index (χ4v) is 4.14. The van der Waals surface area contributed by atoms with Crippen molar-refractivity contribution in [3.63, 3.8) is 0 Å². The first-order valence-corrected chi connectivity index (χ1v) is 10.0. The molecule has 0 saturated heterocycles. The first kappa shape index (κ1) is 18.5. The van der Waals surface area contributed by atoms with Crippen molar-refractivity contribution in [1.82, 2.24) is 0 Å². The van der Waals surface area contributed by atoms with Gasteiger partial charge < -0.3 is 20.8 Å². The zero-order chi connectivity index (χ0) is 19.7. The highest BCUT2D eigenvalue weighted by atomic mass is 35.5. The predicted molar refractivity (Wildman–Crippen MR) is 115 cm³/mol. The molecule has 0 aromatic heterocycles. The Morgan fingerprint density at radius 1 is 0.964 bits per heavy atom. The molecule has 4 rings (SSSR count). The zero-order valence-corrected chi connectivity index (χ0v) is 16.2. The van der Waals surface area contributed by atoms with Gasteiger partial charge in [0.15, 0.2) is 0 Å². The van der Waals surface area contributed by atoms with Gasteiger partial charge in [-0.25, -0.2) is 0 Å². The molecule has 0 saturated carbocycles. The van der Waals surface area contributed by atoms with E-state index in [2.05, 4.69) is 10.6 Å². The second-order valence-corrected chi connectivity index (χ2v) is 7.85. The molecule has 1 atom stereocenters. The molecule has 3 aromatic rings. The number of halogens is 1. The molecule has 0 fully saturated rings. The third-order valence-electron chi connectivity index (χ3n) is 4.46. The van der Waals surface area contributed by atoms with E-state index in [0.29, 0.717) is 5.02 Å². The van der Waals surface area contributed by atoms with Gasteiger partial charge in [0.1, 0.15) is 11.2 Å². The maximum atomic E-state index is 10.8. The molecule has 1 heterocycles. The number of hydrogen-bond donors (Lipinski definition) is 4. The number of hydrogen-bond acceptors (Lipinski definition) is 5. The molecule has 142 valence electrons. The highest BCUT2D eigenvalue weighted by Crippen LogP contribution is 2.41. The highest BCUT2D eigenvalue weighted by Gasteiger charge is 2.22. The predicted octanol–water partition coefficient (Wildman–Crippen LogP) is 5.32. The SMILES string of the molecule is O=C(O)CSC1Nc2cc(Cl)c(-c3ccc(-c4ccccc4O)cc3)cc2N1. The number of thioether (sulfide) groups is 1. The number of anilines is 2. The second kappa shape index (κ2) is 7.66. The number of aliphatic carboxylic acids is 1. The first-order chi connectivity index (χ1) is 13.5. The minimum Gasteiger partial charge on any atom is -0.507 e. The summed E-state index contributed by atoms with van der Waals surface area (Å²) in [6, 6.07) is 18.9. The number of rotatable bonds is 5. The summed E-state index contributed by atoms with van der Waals surface area (Å²) in [6.45, 7) is 0. The van der Waals surface area contributed by atoms with Gasteiger partial charge in [0.05, 0.1) is 22.2 Å². The van der Waals surface area contributed by atoms with Crippen molar-refractivity contribution in [2.45, 2.75) is 5.50 Å². The maximum Gasteiger partial charge on any atom is 0.313 e. The van der Waals surface area contributed by atoms with E-state index < -0.39 is 5.97 Å². The van der Waals surface area contributed by atoms with Crippen LogP contribution in [0, 0.1) is 0 Å². The second-order valence-electron chi connectivity index (χ2n) is 6.35. The minimum absolute atomic E-state index is 0.00698. The van der Waals surface area contributed by atoms with Crippen LogP contribution in [-0.2, 0) is 4.79 Å². The molecule has 4 N–H and O–H groups in total. The van der Waals surface area contributed by atoms with Crippen LogP contribution in [0.4, 0.5) is 11.4 Å². The average Bonchev–Trinajstić information content (AvgIpc) is 3.08. The van der Waals surface area contributed by atoms with E-state index in [9.17, 15) is 9.90 Å². The van der Waals surface area contributed by atoms with Gasteiger partial charge in [-0.3, -0.25) is 4.79 Å². The maximum absolute atomic E-state index is 10.8. The smallest absolute Gasteiger partial charge is 0.313 e. The number of phenols is 1. The summed E-state index contributed by atoms with van der Waals surface area (Å²) in [5.41, 5.74) is 5.05. The fourth-order valence-electron chi connectivity index (χ4n) is 3.14. The normalized spacial score (nSPS) is 14.8. The number of carboxylic acids is 1. The molecule has 3 aromatic carbocycles. The summed E-state index contributed by atoms with van der Waals surface area (Å²) in [6.07, 6.45) is 0. The molecule has 0 bridgehead atoms. The first-order valence-electron chi connectivity index (χ1n) is 8.60. The number of carbonyl (C=O) groups is 1. The van der Waals surface area contributed by atoms with Crippen LogP contribution in [0.1, 0.15) is 0 Å². The van der Waals surface area contributed by atoms with Crippen LogP contribution in [0.15, 0.2) is 60.7 Å². The van der Waals surface area contributed by atoms with Crippen molar-refractivity contribution in [3.8, 4) is 28.0 Å². The van der Waals surface area contributed by atoms with E-state index in [-0.39, 0.29) is 17.0 Å². The summed E-state index contributed by atoms with van der Waals surface area (Å²) in [5, 5.41) is 26.0. The number of phenolic OH excluding ortho intramolecular Hbond substituents is 1. The number of fused-ring (bicyclic) bond motifs is 1. The number of para-hydroxylation sites is 1. The number of carboxylic acid groups (broad SMARTS) is 1. The van der Waals surface area contributed by atoms with Crippen LogP contribution < -0.4 is 10.6 Å². The van der Waals surface area contributed by atoms with Crippen molar-refractivity contribution in [2.75, 3.05) is 16.4 Å². The van der Waals surface area contributed by atoms with Crippen LogP contribution in [-0.4, -0.2) is 27.4 Å². The van der Waals surface area contributed by atoms with Crippen molar-refractivity contribution < 1.29 is 15.0 Å². The minimum atomic E-state index is -0.854. The Bertz CT molecular complexity index is 1040. The van der Waals surface area contributed by atoms with Gasteiger partial charge in [-0.15, -0.1) is 11.8 Å².